The van der Waals surface area contributed by atoms with Crippen LogP contribution < -0.4 is 16.4 Å². The Morgan fingerprint density at radius 3 is 1.88 bits per heavy atom. The molecule has 2 unspecified atom stereocenters. The fourth-order valence-electron chi connectivity index (χ4n) is 5.67. The molecule has 3 rings (SSSR count). The van der Waals surface area contributed by atoms with Crippen LogP contribution in [0.1, 0.15) is 66.0 Å². The van der Waals surface area contributed by atoms with Gasteiger partial charge in [0.15, 0.2) is 14.6 Å². The Kier molecular flexibility index (Phi) is 13.7. The van der Waals surface area contributed by atoms with Crippen molar-refractivity contribution in [1.82, 2.24) is 10.6 Å². The Labute approximate surface area is 301 Å². The Morgan fingerprint density at radius 1 is 0.843 bits per heavy atom. The first-order chi connectivity index (χ1) is 23.8. The van der Waals surface area contributed by atoms with E-state index in [1.54, 1.807) is 58.0 Å². The third-order valence-corrected chi connectivity index (χ3v) is 11.4. The van der Waals surface area contributed by atoms with Crippen molar-refractivity contribution < 1.29 is 37.1 Å². The highest BCUT2D eigenvalue weighted by molar-refractivity contribution is 7.95. The molecular formula is C39H51N3O8S. The summed E-state index contributed by atoms with van der Waals surface area (Å²) in [7, 11) is -4.29. The highest BCUT2D eigenvalue weighted by atomic mass is 32.2. The summed E-state index contributed by atoms with van der Waals surface area (Å²) in [5.74, 6) is -4.16. The minimum Gasteiger partial charge on any atom is -0.458 e. The van der Waals surface area contributed by atoms with E-state index in [0.717, 1.165) is 17.4 Å². The lowest BCUT2D eigenvalue weighted by atomic mass is 9.82. The molecule has 0 heterocycles. The summed E-state index contributed by atoms with van der Waals surface area (Å²) in [4.78, 5) is 54.7. The zero-order valence-corrected chi connectivity index (χ0v) is 31.2. The third kappa shape index (κ3) is 10.5. The maximum absolute atomic E-state index is 14.1. The second-order valence-electron chi connectivity index (χ2n) is 14.5. The Morgan fingerprint density at radius 2 is 1.37 bits per heavy atom. The molecule has 276 valence electrons. The first-order valence-electron chi connectivity index (χ1n) is 16.9. The molecule has 1 aliphatic rings. The summed E-state index contributed by atoms with van der Waals surface area (Å²) in [6.07, 6.45) is 8.33. The van der Waals surface area contributed by atoms with Crippen molar-refractivity contribution in [2.75, 3.05) is 0 Å². The van der Waals surface area contributed by atoms with Crippen molar-refractivity contribution in [1.29, 1.82) is 0 Å². The van der Waals surface area contributed by atoms with Crippen LogP contribution in [0.25, 0.3) is 0 Å². The Balaban J connectivity index is 1.93. The third-order valence-electron chi connectivity index (χ3n) is 8.28. The quantitative estimate of drug-likeness (QED) is 0.190. The monoisotopic (exact) mass is 721 g/mol. The molecule has 12 heteroatoms. The van der Waals surface area contributed by atoms with Crippen LogP contribution >= 0.6 is 0 Å². The highest BCUT2D eigenvalue weighted by Crippen LogP contribution is 2.42. The van der Waals surface area contributed by atoms with Gasteiger partial charge in [-0.05, 0) is 66.0 Å². The van der Waals surface area contributed by atoms with Gasteiger partial charge in [-0.25, -0.2) is 18.0 Å². The van der Waals surface area contributed by atoms with E-state index in [2.05, 4.69) is 10.6 Å². The summed E-state index contributed by atoms with van der Waals surface area (Å²) in [5, 5.41) is 5.51. The summed E-state index contributed by atoms with van der Waals surface area (Å²) in [6.45, 7) is 11.3. The van der Waals surface area contributed by atoms with Gasteiger partial charge in [0.25, 0.3) is 0 Å². The molecule has 5 atom stereocenters. The van der Waals surface area contributed by atoms with Crippen molar-refractivity contribution in [2.24, 2.45) is 11.7 Å². The number of nitrogens with one attached hydrogen (secondary N) is 2. The van der Waals surface area contributed by atoms with E-state index in [1.165, 1.54) is 45.1 Å². The molecule has 2 amide bonds. The van der Waals surface area contributed by atoms with Gasteiger partial charge in [-0.2, -0.15) is 0 Å². The molecule has 0 saturated heterocycles. The van der Waals surface area contributed by atoms with Crippen LogP contribution in [0.2, 0.25) is 0 Å². The zero-order chi connectivity index (χ0) is 38.0. The predicted molar refractivity (Wildman–Crippen MR) is 197 cm³/mol. The van der Waals surface area contributed by atoms with Crippen LogP contribution in [-0.2, 0) is 51.3 Å². The van der Waals surface area contributed by atoms with Gasteiger partial charge in [-0.1, -0.05) is 91.0 Å². The molecule has 2 aromatic rings. The molecule has 0 aromatic heterocycles. The van der Waals surface area contributed by atoms with E-state index in [9.17, 15) is 27.6 Å². The summed E-state index contributed by atoms with van der Waals surface area (Å²) in [6, 6.07) is 14.5. The fraction of sp³-hybridized carbons (Fsp3) is 0.436. The number of carbonyl (C=O) groups is 4. The molecule has 0 bridgehead atoms. The number of rotatable bonds is 14. The number of ether oxygens (including phenoxy) is 2. The lowest BCUT2D eigenvalue weighted by Crippen LogP contribution is -2.59. The molecule has 2 aromatic carbocycles. The van der Waals surface area contributed by atoms with Crippen molar-refractivity contribution >= 4 is 33.6 Å². The van der Waals surface area contributed by atoms with E-state index in [4.69, 9.17) is 15.2 Å². The van der Waals surface area contributed by atoms with E-state index < -0.39 is 72.7 Å². The van der Waals surface area contributed by atoms with Crippen LogP contribution in [0, 0.1) is 5.92 Å². The van der Waals surface area contributed by atoms with Gasteiger partial charge in [-0.3, -0.25) is 9.59 Å². The summed E-state index contributed by atoms with van der Waals surface area (Å²) >= 11 is 0. The van der Waals surface area contributed by atoms with Crippen LogP contribution in [-0.4, -0.2) is 65.4 Å². The molecule has 51 heavy (non-hydrogen) atoms. The Hall–Kier alpha value is -4.55. The van der Waals surface area contributed by atoms with E-state index in [1.807, 2.05) is 36.4 Å². The average Bonchev–Trinajstić information content (AvgIpc) is 3.06. The minimum absolute atomic E-state index is 0.0571. The number of sulfone groups is 1. The molecule has 0 aliphatic heterocycles. The number of allylic oxidation sites excluding steroid dienone is 4. The fourth-order valence-corrected chi connectivity index (χ4v) is 7.78. The van der Waals surface area contributed by atoms with Gasteiger partial charge in [0.05, 0.1) is 17.1 Å². The number of nitrogens with two attached hydrogens (primary N) is 1. The SMILES string of the molecule is CC=COC(=O)C1(S(=O)(=O)C(C)(C)C)C=CC=CC1C[C@H](N)C(=O)N[C@@H](Cc1ccccc1)C(=O)N[C@@H](Cc1ccccc1)C(=O)OC(C)(C)C. The number of hydrogen-bond acceptors (Lipinski definition) is 9. The van der Waals surface area contributed by atoms with Gasteiger partial charge < -0.3 is 25.8 Å². The van der Waals surface area contributed by atoms with Gasteiger partial charge in [0, 0.05) is 18.8 Å². The van der Waals surface area contributed by atoms with E-state index in [0.29, 0.717) is 0 Å². The second-order valence-corrected chi connectivity index (χ2v) is 17.4. The number of amides is 2. The van der Waals surface area contributed by atoms with Crippen LogP contribution in [0.5, 0.6) is 0 Å². The van der Waals surface area contributed by atoms with Crippen molar-refractivity contribution in [3.05, 3.63) is 108 Å². The summed E-state index contributed by atoms with van der Waals surface area (Å²) in [5.41, 5.74) is 7.14. The molecule has 0 spiro atoms. The van der Waals surface area contributed by atoms with E-state index >= 15 is 0 Å². The molecule has 11 nitrogen and oxygen atoms in total. The van der Waals surface area contributed by atoms with Crippen molar-refractivity contribution in [3.63, 3.8) is 0 Å². The molecule has 0 saturated carbocycles. The van der Waals surface area contributed by atoms with Gasteiger partial charge >= 0.3 is 11.9 Å². The number of benzene rings is 2. The molecule has 0 fully saturated rings. The van der Waals surface area contributed by atoms with Crippen molar-refractivity contribution in [2.45, 2.75) is 101 Å². The van der Waals surface area contributed by atoms with Crippen molar-refractivity contribution in [3.8, 4) is 0 Å². The first kappa shape index (κ1) is 40.9. The molecule has 0 radical (unpaired) electrons. The van der Waals surface area contributed by atoms with Gasteiger partial charge in [0.1, 0.15) is 17.7 Å². The topological polar surface area (TPSA) is 171 Å². The smallest absolute Gasteiger partial charge is 0.336 e. The van der Waals surface area contributed by atoms with Crippen LogP contribution in [0.3, 0.4) is 0 Å². The Bertz CT molecular complexity index is 1720. The van der Waals surface area contributed by atoms with E-state index in [-0.39, 0.29) is 19.3 Å². The molecule has 1 aliphatic carbocycles. The molecule has 4 N–H and O–H groups in total. The maximum atomic E-state index is 14.1. The lowest BCUT2D eigenvalue weighted by molar-refractivity contribution is -0.158. The van der Waals surface area contributed by atoms with Gasteiger partial charge in [-0.15, -0.1) is 0 Å². The van der Waals surface area contributed by atoms with Gasteiger partial charge in [0.2, 0.25) is 11.8 Å². The summed E-state index contributed by atoms with van der Waals surface area (Å²) < 4.78 is 35.5. The number of hydrogen-bond donors (Lipinski definition) is 3. The predicted octanol–water partition coefficient (Wildman–Crippen LogP) is 4.27. The van der Waals surface area contributed by atoms with Crippen LogP contribution in [0.15, 0.2) is 97.3 Å². The largest absolute Gasteiger partial charge is 0.458 e. The number of esters is 2. The first-order valence-corrected chi connectivity index (χ1v) is 18.4. The average molecular weight is 722 g/mol. The highest BCUT2D eigenvalue weighted by Gasteiger charge is 2.59. The second kappa shape index (κ2) is 17.1. The maximum Gasteiger partial charge on any atom is 0.336 e. The lowest BCUT2D eigenvalue weighted by Gasteiger charge is -2.40. The van der Waals surface area contributed by atoms with Crippen LogP contribution in [0.4, 0.5) is 0 Å². The normalized spacial score (nSPS) is 19.5. The minimum atomic E-state index is -4.29. The zero-order valence-electron chi connectivity index (χ0n) is 30.4. The molecular weight excluding hydrogens is 671 g/mol. The number of carbonyl (C=O) groups excluding carboxylic acids is 4. The standard InChI is InChI=1S/C39H51N3O8S/c1-8-23-49-36(46)39(51(47,48)38(5,6)7)22-16-15-21-29(39)26-30(40)33(43)41-31(24-27-17-11-9-12-18-27)34(44)42-32(35(45)50-37(2,3)4)25-28-19-13-10-14-20-28/h8-23,29-32H,24-26,40H2,1-7H3,(H,41,43)(H,42,44)/t29?,30-,31-,32-,39?/m0/s1.